The number of benzene rings is 1. The molecule has 1 N–H and O–H groups in total. The number of nitrogens with zero attached hydrogens (tertiary/aromatic N) is 5. The molecule has 9 nitrogen and oxygen atoms in total. The van der Waals surface area contributed by atoms with Crippen LogP contribution in [0.3, 0.4) is 0 Å². The Morgan fingerprint density at radius 3 is 2.09 bits per heavy atom. The number of piperazine rings is 4. The van der Waals surface area contributed by atoms with Gasteiger partial charge in [0.2, 0.25) is 5.75 Å². The van der Waals surface area contributed by atoms with Crippen LogP contribution in [0.4, 0.5) is 0 Å². The molecule has 9 heteroatoms. The Morgan fingerprint density at radius 2 is 1.59 bits per heavy atom. The molecule has 4 fully saturated rings. The predicted octanol–water partition coefficient (Wildman–Crippen LogP) is 0.405. The fourth-order valence-electron chi connectivity index (χ4n) is 5.06. The first-order valence-electron chi connectivity index (χ1n) is 11.6. The first-order chi connectivity index (χ1) is 15.6. The van der Waals surface area contributed by atoms with Gasteiger partial charge in [-0.05, 0) is 17.7 Å². The van der Waals surface area contributed by atoms with E-state index < -0.39 is 0 Å². The number of ether oxygens (including phenoxy) is 3. The van der Waals surface area contributed by atoms with Crippen molar-refractivity contribution in [3.05, 3.63) is 17.7 Å². The second-order valence-electron chi connectivity index (χ2n) is 8.72. The monoisotopic (exact) mass is 446 g/mol. The van der Waals surface area contributed by atoms with E-state index in [0.717, 1.165) is 50.8 Å². The van der Waals surface area contributed by atoms with Crippen molar-refractivity contribution < 1.29 is 14.2 Å². The molecule has 1 unspecified atom stereocenters. The van der Waals surface area contributed by atoms with E-state index in [9.17, 15) is 0 Å². The fraction of sp³-hybridized carbons (Fsp3) is 0.696. The van der Waals surface area contributed by atoms with E-state index in [1.807, 2.05) is 19.2 Å². The summed E-state index contributed by atoms with van der Waals surface area (Å²) in [5, 5.41) is 3.64. The zero-order chi connectivity index (χ0) is 22.5. The quantitative estimate of drug-likeness (QED) is 0.477. The average molecular weight is 447 g/mol. The van der Waals surface area contributed by atoms with E-state index in [1.165, 1.54) is 32.7 Å². The van der Waals surface area contributed by atoms with Crippen molar-refractivity contribution in [3.8, 4) is 17.2 Å². The van der Waals surface area contributed by atoms with Gasteiger partial charge in [-0.3, -0.25) is 19.7 Å². The van der Waals surface area contributed by atoms with Crippen LogP contribution in [0.5, 0.6) is 17.2 Å². The van der Waals surface area contributed by atoms with Crippen molar-refractivity contribution in [3.63, 3.8) is 0 Å². The number of aliphatic imine (C=N–C) groups is 1. The fourth-order valence-corrected chi connectivity index (χ4v) is 5.06. The number of fused-ring (bicyclic) bond motifs is 3. The summed E-state index contributed by atoms with van der Waals surface area (Å²) < 4.78 is 16.5. The highest BCUT2D eigenvalue weighted by atomic mass is 16.5. The maximum Gasteiger partial charge on any atom is 0.203 e. The van der Waals surface area contributed by atoms with Crippen molar-refractivity contribution >= 4 is 5.96 Å². The Balaban J connectivity index is 1.29. The van der Waals surface area contributed by atoms with Gasteiger partial charge in [0, 0.05) is 85.1 Å². The lowest BCUT2D eigenvalue weighted by molar-refractivity contribution is 0.0151. The van der Waals surface area contributed by atoms with Gasteiger partial charge in [-0.2, -0.15) is 0 Å². The topological polar surface area (TPSA) is 65.0 Å². The minimum atomic E-state index is 0.593. The SMILES string of the molecule is CN=C(NCC1CN2CCN1CC2)N1CCN(Cc2cc(OC)c(OC)c(OC)c2)CC1. The van der Waals surface area contributed by atoms with Gasteiger partial charge in [-0.25, -0.2) is 0 Å². The summed E-state index contributed by atoms with van der Waals surface area (Å²) in [6.07, 6.45) is 0. The smallest absolute Gasteiger partial charge is 0.203 e. The zero-order valence-corrected chi connectivity index (χ0v) is 20.0. The molecule has 4 saturated heterocycles. The Labute approximate surface area is 191 Å². The molecule has 0 saturated carbocycles. The summed E-state index contributed by atoms with van der Waals surface area (Å²) in [6, 6.07) is 4.67. The zero-order valence-electron chi connectivity index (χ0n) is 20.0. The Morgan fingerprint density at radius 1 is 0.938 bits per heavy atom. The molecule has 2 bridgehead atoms. The number of nitrogens with one attached hydrogen (secondary N) is 1. The van der Waals surface area contributed by atoms with Gasteiger partial charge in [0.15, 0.2) is 17.5 Å². The Kier molecular flexibility index (Phi) is 7.59. The van der Waals surface area contributed by atoms with Gasteiger partial charge >= 0.3 is 0 Å². The standard InChI is InChI=1S/C23H38N6O3/c1-24-23(25-15-19-17-27-5-9-28(19)10-6-27)29-11-7-26(8-12-29)16-18-13-20(30-2)22(32-4)21(14-18)31-3/h13-14,19H,5-12,15-17H2,1-4H3,(H,24,25). The average Bonchev–Trinajstić information content (AvgIpc) is 2.85. The van der Waals surface area contributed by atoms with E-state index in [1.54, 1.807) is 21.3 Å². The number of hydrogen-bond acceptors (Lipinski definition) is 7. The molecule has 0 aromatic heterocycles. The number of rotatable bonds is 7. The highest BCUT2D eigenvalue weighted by Crippen LogP contribution is 2.38. The summed E-state index contributed by atoms with van der Waals surface area (Å²) in [4.78, 5) is 14.6. The second kappa shape index (κ2) is 10.6. The second-order valence-corrected chi connectivity index (χ2v) is 8.72. The predicted molar refractivity (Wildman–Crippen MR) is 126 cm³/mol. The van der Waals surface area contributed by atoms with Crippen molar-refractivity contribution in [2.45, 2.75) is 12.6 Å². The van der Waals surface area contributed by atoms with Crippen molar-refractivity contribution in [1.29, 1.82) is 0 Å². The molecule has 4 heterocycles. The molecular formula is C23H38N6O3. The molecule has 4 aliphatic heterocycles. The van der Waals surface area contributed by atoms with Crippen LogP contribution in [0.15, 0.2) is 17.1 Å². The summed E-state index contributed by atoms with van der Waals surface area (Å²) in [6.45, 7) is 11.7. The first kappa shape index (κ1) is 22.9. The molecule has 0 aliphatic carbocycles. The van der Waals surface area contributed by atoms with Crippen molar-refractivity contribution in [2.24, 2.45) is 4.99 Å². The van der Waals surface area contributed by atoms with Crippen LogP contribution >= 0.6 is 0 Å². The first-order valence-corrected chi connectivity index (χ1v) is 11.6. The maximum absolute atomic E-state index is 5.50. The van der Waals surface area contributed by atoms with Crippen LogP contribution in [0.2, 0.25) is 0 Å². The van der Waals surface area contributed by atoms with Crippen LogP contribution in [0.1, 0.15) is 5.56 Å². The summed E-state index contributed by atoms with van der Waals surface area (Å²) in [5.41, 5.74) is 1.16. The maximum atomic E-state index is 5.50. The minimum absolute atomic E-state index is 0.593. The van der Waals surface area contributed by atoms with Crippen LogP contribution < -0.4 is 19.5 Å². The molecule has 5 rings (SSSR count). The molecule has 1 aromatic rings. The Bertz CT molecular complexity index is 763. The van der Waals surface area contributed by atoms with E-state index in [2.05, 4.69) is 29.9 Å². The lowest BCUT2D eigenvalue weighted by Crippen LogP contribution is -2.64. The number of hydrogen-bond donors (Lipinski definition) is 1. The van der Waals surface area contributed by atoms with Gasteiger partial charge in [-0.15, -0.1) is 0 Å². The molecule has 32 heavy (non-hydrogen) atoms. The van der Waals surface area contributed by atoms with Gasteiger partial charge in [0.1, 0.15) is 0 Å². The normalized spacial score (nSPS) is 26.2. The van der Waals surface area contributed by atoms with E-state index in [4.69, 9.17) is 14.2 Å². The highest BCUT2D eigenvalue weighted by Gasteiger charge is 2.32. The highest BCUT2D eigenvalue weighted by molar-refractivity contribution is 5.80. The lowest BCUT2D eigenvalue weighted by atomic mass is 10.1. The molecule has 0 spiro atoms. The molecule has 1 aromatic carbocycles. The van der Waals surface area contributed by atoms with Crippen molar-refractivity contribution in [2.75, 3.05) is 93.8 Å². The Hall–Kier alpha value is -2.23. The summed E-state index contributed by atoms with van der Waals surface area (Å²) in [5.74, 6) is 3.06. The molecule has 0 amide bonds. The molecule has 0 radical (unpaired) electrons. The van der Waals surface area contributed by atoms with Gasteiger partial charge in [0.25, 0.3) is 0 Å². The van der Waals surface area contributed by atoms with Crippen LogP contribution in [0.25, 0.3) is 0 Å². The lowest BCUT2D eigenvalue weighted by Gasteiger charge is -2.47. The van der Waals surface area contributed by atoms with Gasteiger partial charge in [-0.1, -0.05) is 0 Å². The van der Waals surface area contributed by atoms with E-state index in [0.29, 0.717) is 23.3 Å². The number of guanidine groups is 1. The van der Waals surface area contributed by atoms with Gasteiger partial charge < -0.3 is 24.4 Å². The largest absolute Gasteiger partial charge is 0.493 e. The number of methoxy groups -OCH3 is 3. The molecule has 178 valence electrons. The third kappa shape index (κ3) is 5.05. The van der Waals surface area contributed by atoms with Gasteiger partial charge in [0.05, 0.1) is 21.3 Å². The van der Waals surface area contributed by atoms with Crippen LogP contribution in [-0.2, 0) is 6.54 Å². The van der Waals surface area contributed by atoms with Crippen molar-refractivity contribution in [1.82, 2.24) is 24.9 Å². The van der Waals surface area contributed by atoms with Crippen LogP contribution in [-0.4, -0.2) is 125 Å². The summed E-state index contributed by atoms with van der Waals surface area (Å²) >= 11 is 0. The molecule has 1 atom stereocenters. The van der Waals surface area contributed by atoms with E-state index in [-0.39, 0.29) is 0 Å². The van der Waals surface area contributed by atoms with E-state index >= 15 is 0 Å². The molecular weight excluding hydrogens is 408 g/mol. The summed E-state index contributed by atoms with van der Waals surface area (Å²) in [7, 11) is 6.84. The van der Waals surface area contributed by atoms with Crippen LogP contribution in [0, 0.1) is 0 Å². The molecule has 4 aliphatic rings. The minimum Gasteiger partial charge on any atom is -0.493 e. The third-order valence-corrected chi connectivity index (χ3v) is 6.90. The third-order valence-electron chi connectivity index (χ3n) is 6.90.